The maximum Gasteiger partial charge on any atom is 0.136 e. The van der Waals surface area contributed by atoms with E-state index in [9.17, 15) is 15.0 Å². The minimum atomic E-state index is -0.435. The summed E-state index contributed by atoms with van der Waals surface area (Å²) in [7, 11) is 0. The first-order valence-corrected chi connectivity index (χ1v) is 10.1. The average Bonchev–Trinajstić information content (AvgIpc) is 2.78. The minimum Gasteiger partial charge on any atom is -0.393 e. The topological polar surface area (TPSA) is 57.5 Å². The molecule has 0 saturated heterocycles. The number of hydrogen-bond acceptors (Lipinski definition) is 3. The minimum absolute atomic E-state index is 0.00376. The van der Waals surface area contributed by atoms with Crippen molar-refractivity contribution in [2.24, 2.45) is 40.4 Å². The van der Waals surface area contributed by atoms with E-state index in [4.69, 9.17) is 0 Å². The van der Waals surface area contributed by atoms with Crippen LogP contribution in [-0.2, 0) is 4.79 Å². The zero-order valence-corrected chi connectivity index (χ0v) is 15.5. The molecule has 9 atom stereocenters. The Balaban J connectivity index is 1.64. The van der Waals surface area contributed by atoms with Gasteiger partial charge < -0.3 is 10.2 Å². The quantitative estimate of drug-likeness (QED) is 0.771. The number of carbonyl (C=O) groups is 1. The van der Waals surface area contributed by atoms with E-state index in [0.29, 0.717) is 23.2 Å². The van der Waals surface area contributed by atoms with E-state index < -0.39 is 6.10 Å². The molecule has 4 fully saturated rings. The molecule has 136 valence electrons. The smallest absolute Gasteiger partial charge is 0.136 e. The average molecular weight is 335 g/mol. The number of aliphatic hydroxyl groups excluding tert-OH is 2. The van der Waals surface area contributed by atoms with Crippen LogP contribution in [0, 0.1) is 40.4 Å². The third-order valence-electron chi connectivity index (χ3n) is 9.10. The van der Waals surface area contributed by atoms with E-state index in [1.54, 1.807) is 6.92 Å². The van der Waals surface area contributed by atoms with Crippen molar-refractivity contribution in [3.8, 4) is 0 Å². The molecule has 0 aliphatic heterocycles. The monoisotopic (exact) mass is 334 g/mol. The van der Waals surface area contributed by atoms with Crippen molar-refractivity contribution in [2.45, 2.75) is 84.3 Å². The molecule has 4 aliphatic rings. The summed E-state index contributed by atoms with van der Waals surface area (Å²) in [6, 6.07) is 0. The first-order valence-electron chi connectivity index (χ1n) is 10.1. The van der Waals surface area contributed by atoms with Gasteiger partial charge in [-0.15, -0.1) is 0 Å². The fourth-order valence-electron chi connectivity index (χ4n) is 7.98. The van der Waals surface area contributed by atoms with Crippen molar-refractivity contribution in [3.63, 3.8) is 0 Å². The van der Waals surface area contributed by atoms with Crippen molar-refractivity contribution < 1.29 is 15.0 Å². The lowest BCUT2D eigenvalue weighted by Crippen LogP contribution is -2.54. The summed E-state index contributed by atoms with van der Waals surface area (Å²) < 4.78 is 0. The third kappa shape index (κ3) is 2.19. The Morgan fingerprint density at radius 1 is 0.917 bits per heavy atom. The molecule has 0 heterocycles. The van der Waals surface area contributed by atoms with Gasteiger partial charge in [0.15, 0.2) is 0 Å². The molecule has 0 bridgehead atoms. The van der Waals surface area contributed by atoms with Crippen LogP contribution in [-0.4, -0.2) is 28.2 Å². The van der Waals surface area contributed by atoms with Gasteiger partial charge in [-0.1, -0.05) is 13.8 Å². The maximum absolute atomic E-state index is 12.2. The molecule has 0 unspecified atom stereocenters. The Bertz CT molecular complexity index is 531. The van der Waals surface area contributed by atoms with Gasteiger partial charge in [-0.25, -0.2) is 0 Å². The summed E-state index contributed by atoms with van der Waals surface area (Å²) in [4.78, 5) is 12.2. The molecular weight excluding hydrogens is 300 g/mol. The van der Waals surface area contributed by atoms with Gasteiger partial charge in [0.1, 0.15) is 5.78 Å². The number of carbonyl (C=O) groups excluding carboxylic acids is 1. The number of fused-ring (bicyclic) bond motifs is 5. The summed E-state index contributed by atoms with van der Waals surface area (Å²) in [5.74, 6) is 2.60. The van der Waals surface area contributed by atoms with Gasteiger partial charge in [0.25, 0.3) is 0 Å². The highest BCUT2D eigenvalue weighted by Crippen LogP contribution is 2.67. The van der Waals surface area contributed by atoms with Crippen LogP contribution in [0.15, 0.2) is 0 Å². The highest BCUT2D eigenvalue weighted by molar-refractivity contribution is 5.80. The van der Waals surface area contributed by atoms with Crippen LogP contribution >= 0.6 is 0 Å². The molecule has 0 aromatic heterocycles. The Morgan fingerprint density at radius 3 is 2.33 bits per heavy atom. The molecule has 2 N–H and O–H groups in total. The molecule has 0 radical (unpaired) electrons. The number of Topliss-reactive ketones (excluding diaryl/α,β-unsaturated/α-hetero) is 1. The van der Waals surface area contributed by atoms with Gasteiger partial charge in [-0.05, 0) is 92.8 Å². The second-order valence-corrected chi connectivity index (χ2v) is 10.0. The van der Waals surface area contributed by atoms with Crippen LogP contribution in [0.4, 0.5) is 0 Å². The summed E-state index contributed by atoms with van der Waals surface area (Å²) in [6.45, 7) is 6.44. The predicted octanol–water partition coefficient (Wildman–Crippen LogP) is 3.57. The number of aliphatic hydroxyl groups is 2. The van der Waals surface area contributed by atoms with Gasteiger partial charge in [0, 0.05) is 5.92 Å². The molecule has 3 heteroatoms. The van der Waals surface area contributed by atoms with Crippen LogP contribution in [0.1, 0.15) is 72.1 Å². The van der Waals surface area contributed by atoms with Crippen LogP contribution in [0.5, 0.6) is 0 Å². The number of hydrogen-bond donors (Lipinski definition) is 2. The van der Waals surface area contributed by atoms with Crippen LogP contribution in [0.2, 0.25) is 0 Å². The molecule has 3 nitrogen and oxygen atoms in total. The van der Waals surface area contributed by atoms with Crippen LogP contribution < -0.4 is 0 Å². The van der Waals surface area contributed by atoms with E-state index in [1.807, 2.05) is 0 Å². The number of rotatable bonds is 1. The lowest BCUT2D eigenvalue weighted by Gasteiger charge is -2.60. The normalized spacial score (nSPS) is 57.0. The van der Waals surface area contributed by atoms with Crippen molar-refractivity contribution in [1.82, 2.24) is 0 Å². The lowest BCUT2D eigenvalue weighted by atomic mass is 9.44. The Kier molecular flexibility index (Phi) is 3.93. The van der Waals surface area contributed by atoms with Gasteiger partial charge in [0.2, 0.25) is 0 Å². The summed E-state index contributed by atoms with van der Waals surface area (Å²) >= 11 is 0. The number of ketones is 1. The SMILES string of the molecule is CC(=O)[C@@H]1[C@H](O)C[C@@H]2[C@@H]3CC[C@H]4C[C@H](O)CC[C@]4(C)[C@H]3CC[C@]21C. The standard InChI is InChI=1S/C21H34O3/c1-12(22)19-18(24)11-17-15-5-4-13-10-14(23)6-8-20(13,2)16(15)7-9-21(17,19)3/h13-19,23-24H,4-11H2,1-3H3/t13-,14+,15+,16-,17+,18+,19+,20-,21+/m0/s1. The molecule has 0 spiro atoms. The maximum atomic E-state index is 12.2. The van der Waals surface area contributed by atoms with Gasteiger partial charge in [-0.2, -0.15) is 0 Å². The van der Waals surface area contributed by atoms with Gasteiger partial charge in [0.05, 0.1) is 12.2 Å². The Morgan fingerprint density at radius 2 is 1.62 bits per heavy atom. The molecule has 4 rings (SSSR count). The predicted molar refractivity (Wildman–Crippen MR) is 93.3 cm³/mol. The van der Waals surface area contributed by atoms with Crippen LogP contribution in [0.3, 0.4) is 0 Å². The lowest BCUT2D eigenvalue weighted by molar-refractivity contribution is -0.140. The van der Waals surface area contributed by atoms with Gasteiger partial charge in [-0.3, -0.25) is 4.79 Å². The van der Waals surface area contributed by atoms with E-state index in [2.05, 4.69) is 13.8 Å². The molecule has 0 aromatic carbocycles. The van der Waals surface area contributed by atoms with E-state index in [-0.39, 0.29) is 23.2 Å². The first kappa shape index (κ1) is 17.0. The molecule has 4 saturated carbocycles. The molecular formula is C21H34O3. The molecule has 24 heavy (non-hydrogen) atoms. The molecule has 0 amide bonds. The first-order chi connectivity index (χ1) is 11.3. The highest BCUT2D eigenvalue weighted by Gasteiger charge is 2.62. The van der Waals surface area contributed by atoms with Crippen molar-refractivity contribution in [1.29, 1.82) is 0 Å². The zero-order valence-electron chi connectivity index (χ0n) is 15.5. The highest BCUT2D eigenvalue weighted by atomic mass is 16.3. The van der Waals surface area contributed by atoms with E-state index >= 15 is 0 Å². The fraction of sp³-hybridized carbons (Fsp3) is 0.952. The van der Waals surface area contributed by atoms with E-state index in [1.165, 1.54) is 19.3 Å². The second kappa shape index (κ2) is 5.54. The summed E-state index contributed by atoms with van der Waals surface area (Å²) in [6.07, 6.45) is 8.14. The van der Waals surface area contributed by atoms with E-state index in [0.717, 1.165) is 38.0 Å². The zero-order chi connectivity index (χ0) is 17.3. The Labute approximate surface area is 146 Å². The van der Waals surface area contributed by atoms with Crippen molar-refractivity contribution >= 4 is 5.78 Å². The van der Waals surface area contributed by atoms with Crippen molar-refractivity contribution in [2.75, 3.05) is 0 Å². The van der Waals surface area contributed by atoms with Crippen molar-refractivity contribution in [3.05, 3.63) is 0 Å². The third-order valence-corrected chi connectivity index (χ3v) is 9.10. The molecule has 0 aromatic rings. The van der Waals surface area contributed by atoms with Gasteiger partial charge >= 0.3 is 0 Å². The second-order valence-electron chi connectivity index (χ2n) is 10.0. The Hall–Kier alpha value is -0.410. The summed E-state index contributed by atoms with van der Waals surface area (Å²) in [5.41, 5.74) is 0.368. The largest absolute Gasteiger partial charge is 0.393 e. The summed E-state index contributed by atoms with van der Waals surface area (Å²) in [5, 5.41) is 20.7. The van der Waals surface area contributed by atoms with Crippen LogP contribution in [0.25, 0.3) is 0 Å². The molecule has 4 aliphatic carbocycles. The fourth-order valence-corrected chi connectivity index (χ4v) is 7.98.